The Morgan fingerprint density at radius 3 is 0.240 bits per heavy atom. The zero-order chi connectivity index (χ0) is 13.5. The van der Waals surface area contributed by atoms with Gasteiger partial charge < -0.3 is 49.3 Å². The molecule has 0 rings (SSSR count). The van der Waals surface area contributed by atoms with Gasteiger partial charge in [0.15, 0.2) is 0 Å². The van der Waals surface area contributed by atoms with E-state index in [2.05, 4.69) is 0 Å². The first-order chi connectivity index (χ1) is 6.00. The first-order valence-electron chi connectivity index (χ1n) is 1.85. The average Bonchev–Trinajstić information content (AvgIpc) is 1.41. The first kappa shape index (κ1) is 92.8. The van der Waals surface area contributed by atoms with E-state index in [1.54, 1.807) is 0 Å². The fraction of sp³-hybridized carbons (Fsp3) is 0. The van der Waals surface area contributed by atoms with Crippen molar-refractivity contribution in [3.63, 3.8) is 0 Å². The summed E-state index contributed by atoms with van der Waals surface area (Å²) >= 11 is -16.9. The molecule has 0 aliphatic rings. The smallest absolute Gasteiger partial charge is 0.412 e. The van der Waals surface area contributed by atoms with Crippen LogP contribution in [0.5, 0.6) is 0 Å². The average molecular weight is 767 g/mol. The van der Waals surface area contributed by atoms with Gasteiger partial charge in [-0.05, 0) is 0 Å². The zero-order valence-electron chi connectivity index (χ0n) is 10.8. The minimum absolute atomic E-state index is 0. The van der Waals surface area contributed by atoms with E-state index in [0.717, 1.165) is 0 Å². The van der Waals surface area contributed by atoms with E-state index in [-0.39, 0.29) is 96.2 Å². The molecular weight excluding hydrogens is 749 g/mol. The summed E-state index contributed by atoms with van der Waals surface area (Å²) in [5.41, 5.74) is 0. The second kappa shape index (κ2) is 40.7. The molecule has 0 aliphatic heterocycles. The molecule has 18 N–H and O–H groups in total. The molecule has 0 bridgehead atoms. The van der Waals surface area contributed by atoms with E-state index in [4.69, 9.17) is 50.4 Å². The van der Waals surface area contributed by atoms with E-state index in [1.807, 2.05) is 0 Å². The van der Waals surface area contributed by atoms with Crippen molar-refractivity contribution in [2.45, 2.75) is 0 Å². The van der Waals surface area contributed by atoms with Crippen molar-refractivity contribution in [2.75, 3.05) is 0 Å². The SMILES string of the molecule is O.O.O.O.O.O.O.O.O.[O-][Br+3]([O-])([O-])[O-].[O-][Br+3]([O-])([O-])[O-].[O-][Br+3]([O-])([O-])[O-].[Yb+3]. The van der Waals surface area contributed by atoms with Crippen LogP contribution in [0.2, 0.25) is 0 Å². The molecule has 25 heavy (non-hydrogen) atoms. The standard InChI is InChI=1S/3BrO4.9H2O.Yb/c3*2-1(3,4)5;;;;;;;;;;/h;;;9*1H2;/q3*-1;;;;;;;;;;+3. The third kappa shape index (κ3) is 3380. The van der Waals surface area contributed by atoms with Gasteiger partial charge in [0.2, 0.25) is 0 Å². The molecule has 179 valence electrons. The van der Waals surface area contributed by atoms with Crippen LogP contribution in [0.3, 0.4) is 0 Å². The third-order valence-corrected chi connectivity index (χ3v) is 0. The maximum absolute atomic E-state index is 8.58. The van der Waals surface area contributed by atoms with Gasteiger partial charge in [0.1, 0.15) is 0 Å². The van der Waals surface area contributed by atoms with Gasteiger partial charge in [0.05, 0.1) is 42.3 Å². The summed E-state index contributed by atoms with van der Waals surface area (Å²) < 4.78 is 103. The fourth-order valence-electron chi connectivity index (χ4n) is 0. The van der Waals surface area contributed by atoms with Crippen molar-refractivity contribution in [3.05, 3.63) is 0 Å². The van der Waals surface area contributed by atoms with Gasteiger partial charge in [-0.3, -0.25) is 50.4 Å². The molecule has 0 unspecified atom stereocenters. The quantitative estimate of drug-likeness (QED) is 0.222. The molecule has 0 atom stereocenters. The number of halogens is 3. The van der Waals surface area contributed by atoms with Crippen LogP contribution < -0.4 is 50.4 Å². The van der Waals surface area contributed by atoms with Crippen LogP contribution in [0.15, 0.2) is 0 Å². The van der Waals surface area contributed by atoms with Crippen molar-refractivity contribution in [3.8, 4) is 0 Å². The Hall–Kier alpha value is 2.12. The Morgan fingerprint density at radius 2 is 0.240 bits per heavy atom. The Morgan fingerprint density at radius 1 is 0.240 bits per heavy atom. The summed E-state index contributed by atoms with van der Waals surface area (Å²) in [6.45, 7) is 0. The Kier molecular flexibility index (Phi) is 151. The van der Waals surface area contributed by atoms with Crippen LogP contribution in [0.4, 0.5) is 0 Å². The van der Waals surface area contributed by atoms with Crippen molar-refractivity contribution in [1.82, 2.24) is 0 Å². The van der Waals surface area contributed by atoms with Crippen molar-refractivity contribution in [1.29, 1.82) is 0 Å². The minimum Gasteiger partial charge on any atom is -0.412 e. The van der Waals surface area contributed by atoms with Crippen molar-refractivity contribution < 1.29 is 189 Å². The number of rotatable bonds is 0. The van der Waals surface area contributed by atoms with Gasteiger partial charge in [-0.1, -0.05) is 0 Å². The zero-order valence-corrected chi connectivity index (χ0v) is 17.3. The predicted molar refractivity (Wildman–Crippen MR) is 32.5 cm³/mol. The predicted octanol–water partition coefficient (Wildman–Crippen LogP) is -21.7. The van der Waals surface area contributed by atoms with E-state index >= 15 is 0 Å². The second-order valence-corrected chi connectivity index (χ2v) is 5.89. The summed E-state index contributed by atoms with van der Waals surface area (Å²) in [4.78, 5) is 0. The molecule has 0 aromatic carbocycles. The molecule has 0 fully saturated rings. The van der Waals surface area contributed by atoms with E-state index in [0.29, 0.717) is 0 Å². The molecule has 0 spiro atoms. The molecule has 25 heteroatoms. The molecule has 0 saturated heterocycles. The van der Waals surface area contributed by atoms with Gasteiger partial charge in [0, 0.05) is 0 Å². The molecule has 1 radical (unpaired) electrons. The minimum atomic E-state index is -5.62. The van der Waals surface area contributed by atoms with E-state index in [9.17, 15) is 0 Å². The number of hydrogen-bond donors (Lipinski definition) is 0. The van der Waals surface area contributed by atoms with Gasteiger partial charge in [0.25, 0.3) is 0 Å². The van der Waals surface area contributed by atoms with E-state index in [1.165, 1.54) is 0 Å². The molecule has 0 aromatic heterocycles. The topological polar surface area (TPSA) is 560 Å². The molecule has 0 heterocycles. The summed E-state index contributed by atoms with van der Waals surface area (Å²) in [5, 5.41) is 0. The van der Waals surface area contributed by atoms with E-state index < -0.39 is 42.3 Å². The molecule has 0 saturated carbocycles. The largest absolute Gasteiger partial charge is 3.00 e. The Labute approximate surface area is 187 Å². The van der Waals surface area contributed by atoms with Crippen LogP contribution in [0.25, 0.3) is 0 Å². The Bertz CT molecular complexity index is 94.2. The third-order valence-electron chi connectivity index (χ3n) is 0. The fourth-order valence-corrected chi connectivity index (χ4v) is 0. The first-order valence-corrected chi connectivity index (χ1v) is 9.62. The molecule has 0 aromatic rings. The van der Waals surface area contributed by atoms with Gasteiger partial charge in [-0.2, -0.15) is 0 Å². The van der Waals surface area contributed by atoms with Crippen LogP contribution in [0.1, 0.15) is 0 Å². The summed E-state index contributed by atoms with van der Waals surface area (Å²) in [5.74, 6) is 0. The van der Waals surface area contributed by atoms with Crippen molar-refractivity contribution in [2.24, 2.45) is 0 Å². The van der Waals surface area contributed by atoms with Crippen LogP contribution in [-0.2, 0) is 0 Å². The van der Waals surface area contributed by atoms with Gasteiger partial charge in [-0.25, -0.2) is 0 Å². The maximum atomic E-state index is 8.58. The van der Waals surface area contributed by atoms with Gasteiger partial charge in [-0.15, -0.1) is 0 Å². The van der Waals surface area contributed by atoms with Crippen LogP contribution >= 0.6 is 0 Å². The normalized spacial score (nSPS) is 7.20. The summed E-state index contributed by atoms with van der Waals surface area (Å²) in [7, 11) is 0. The molecule has 0 amide bonds. The second-order valence-electron chi connectivity index (χ2n) is 1.13. The number of hydrogen-bond acceptors (Lipinski definition) is 12. The Balaban J connectivity index is -0.00000000655. The van der Waals surface area contributed by atoms with Crippen LogP contribution in [-0.4, -0.2) is 49.3 Å². The molecule has 0 aliphatic carbocycles. The van der Waals surface area contributed by atoms with Crippen molar-refractivity contribution >= 4 is 0 Å². The molecule has 21 nitrogen and oxygen atoms in total. The van der Waals surface area contributed by atoms with Gasteiger partial charge >= 0.3 is 46.9 Å². The summed E-state index contributed by atoms with van der Waals surface area (Å²) in [6, 6.07) is 0. The monoisotopic (exact) mass is 765 g/mol. The molecular formula is H18Br3O21Yb. The summed E-state index contributed by atoms with van der Waals surface area (Å²) in [6.07, 6.45) is 0. The maximum Gasteiger partial charge on any atom is 3.00 e. The van der Waals surface area contributed by atoms with Crippen LogP contribution in [0, 0.1) is 89.2 Å².